The molecule has 3 N–H and O–H groups in total. The molecule has 112 valence electrons. The van der Waals surface area contributed by atoms with E-state index < -0.39 is 29.0 Å². The van der Waals surface area contributed by atoms with Crippen molar-refractivity contribution in [1.29, 1.82) is 0 Å². The quantitative estimate of drug-likeness (QED) is 0.320. The first-order valence-electron chi connectivity index (χ1n) is 6.89. The van der Waals surface area contributed by atoms with Gasteiger partial charge >= 0.3 is 5.97 Å². The second kappa shape index (κ2) is 4.98. The van der Waals surface area contributed by atoms with Crippen LogP contribution in [-0.2, 0) is 9.68 Å². The van der Waals surface area contributed by atoms with E-state index >= 15 is 0 Å². The standard InChI is InChI=1S/C15H22O5/c1-9-5-4-6-14(3)12(16)7-11(10(2)13(17)18)8-15(9,14)20-19/h11-12,16,19H,1-2,4-8H2,3H3,(H,17,18)/t11-,12+,14-,15-/m1/s1. The maximum atomic E-state index is 11.1. The fraction of sp³-hybridized carbons (Fsp3) is 0.667. The van der Waals surface area contributed by atoms with Gasteiger partial charge in [0.05, 0.1) is 6.10 Å². The molecule has 5 heteroatoms. The third-order valence-electron chi connectivity index (χ3n) is 5.37. The molecule has 0 radical (unpaired) electrons. The minimum atomic E-state index is -1.09. The monoisotopic (exact) mass is 282 g/mol. The summed E-state index contributed by atoms with van der Waals surface area (Å²) in [5, 5.41) is 29.1. The zero-order valence-electron chi connectivity index (χ0n) is 11.8. The maximum absolute atomic E-state index is 11.1. The molecule has 0 unspecified atom stereocenters. The van der Waals surface area contributed by atoms with Gasteiger partial charge in [-0.3, -0.25) is 5.26 Å². The molecule has 0 amide bonds. The van der Waals surface area contributed by atoms with Crippen LogP contribution in [0.3, 0.4) is 0 Å². The van der Waals surface area contributed by atoms with Crippen molar-refractivity contribution in [3.05, 3.63) is 24.3 Å². The van der Waals surface area contributed by atoms with E-state index in [2.05, 4.69) is 13.2 Å². The number of hydrogen-bond acceptors (Lipinski definition) is 4. The smallest absolute Gasteiger partial charge is 0.331 e. The van der Waals surface area contributed by atoms with Crippen molar-refractivity contribution in [2.24, 2.45) is 11.3 Å². The first-order valence-corrected chi connectivity index (χ1v) is 6.89. The molecule has 0 bridgehead atoms. The van der Waals surface area contributed by atoms with E-state index in [1.54, 1.807) is 0 Å². The fourth-order valence-electron chi connectivity index (χ4n) is 3.90. The summed E-state index contributed by atoms with van der Waals surface area (Å²) >= 11 is 0. The number of hydrogen-bond donors (Lipinski definition) is 3. The number of rotatable bonds is 3. The van der Waals surface area contributed by atoms with Crippen LogP contribution < -0.4 is 0 Å². The second-order valence-electron chi connectivity index (χ2n) is 6.28. The largest absolute Gasteiger partial charge is 0.478 e. The molecule has 2 saturated carbocycles. The molecule has 0 heterocycles. The summed E-state index contributed by atoms with van der Waals surface area (Å²) in [5.41, 5.74) is -0.977. The van der Waals surface area contributed by atoms with Crippen molar-refractivity contribution in [2.45, 2.75) is 50.7 Å². The second-order valence-corrected chi connectivity index (χ2v) is 6.28. The summed E-state index contributed by atoms with van der Waals surface area (Å²) in [6.07, 6.45) is 2.14. The van der Waals surface area contributed by atoms with Gasteiger partial charge in [-0.25, -0.2) is 9.68 Å². The highest BCUT2D eigenvalue weighted by molar-refractivity contribution is 5.86. The molecule has 0 aromatic heterocycles. The number of carbonyl (C=O) groups is 1. The first kappa shape index (κ1) is 15.2. The van der Waals surface area contributed by atoms with Crippen molar-refractivity contribution in [3.63, 3.8) is 0 Å². The van der Waals surface area contributed by atoms with E-state index in [0.717, 1.165) is 12.0 Å². The van der Waals surface area contributed by atoms with Crippen LogP contribution in [0, 0.1) is 11.3 Å². The Morgan fingerprint density at radius 2 is 2.15 bits per heavy atom. The molecule has 4 atom stereocenters. The maximum Gasteiger partial charge on any atom is 0.331 e. The molecular formula is C15H22O5. The number of carboxylic acid groups (broad SMARTS) is 1. The fourth-order valence-corrected chi connectivity index (χ4v) is 3.90. The van der Waals surface area contributed by atoms with Gasteiger partial charge in [0.2, 0.25) is 0 Å². The Kier molecular flexibility index (Phi) is 3.79. The summed E-state index contributed by atoms with van der Waals surface area (Å²) in [4.78, 5) is 15.9. The molecule has 0 aromatic carbocycles. The molecule has 2 fully saturated rings. The molecule has 20 heavy (non-hydrogen) atoms. The number of aliphatic hydroxyl groups excluding tert-OH is 1. The van der Waals surface area contributed by atoms with E-state index in [0.29, 0.717) is 25.7 Å². The normalized spacial score (nSPS) is 41.0. The molecule has 0 aromatic rings. The molecule has 2 aliphatic carbocycles. The zero-order chi connectivity index (χ0) is 15.1. The predicted molar refractivity (Wildman–Crippen MR) is 73.0 cm³/mol. The summed E-state index contributed by atoms with van der Waals surface area (Å²) in [6, 6.07) is 0. The lowest BCUT2D eigenvalue weighted by Crippen LogP contribution is -2.62. The molecule has 2 aliphatic rings. The lowest BCUT2D eigenvalue weighted by Gasteiger charge is -2.57. The van der Waals surface area contributed by atoms with Crippen LogP contribution in [0.2, 0.25) is 0 Å². The van der Waals surface area contributed by atoms with Gasteiger partial charge in [0.1, 0.15) is 5.60 Å². The van der Waals surface area contributed by atoms with Crippen molar-refractivity contribution >= 4 is 5.97 Å². The topological polar surface area (TPSA) is 87.0 Å². The van der Waals surface area contributed by atoms with E-state index in [4.69, 9.17) is 9.99 Å². The summed E-state index contributed by atoms with van der Waals surface area (Å²) in [7, 11) is 0. The Morgan fingerprint density at radius 1 is 1.50 bits per heavy atom. The SMILES string of the molecule is C=C(C(=O)O)[C@@H]1C[C@H](O)[C@@]2(C)CCCC(=C)[C@]2(OO)C1. The van der Waals surface area contributed by atoms with Crippen LogP contribution in [-0.4, -0.2) is 33.1 Å². The Balaban J connectivity index is 2.42. The Morgan fingerprint density at radius 3 is 2.70 bits per heavy atom. The molecule has 0 spiro atoms. The van der Waals surface area contributed by atoms with Crippen LogP contribution in [0.1, 0.15) is 39.0 Å². The van der Waals surface area contributed by atoms with E-state index in [9.17, 15) is 15.2 Å². The van der Waals surface area contributed by atoms with Gasteiger partial charge in [0.15, 0.2) is 0 Å². The molecular weight excluding hydrogens is 260 g/mol. The van der Waals surface area contributed by atoms with Gasteiger partial charge in [-0.15, -0.1) is 0 Å². The third-order valence-corrected chi connectivity index (χ3v) is 5.37. The van der Waals surface area contributed by atoms with Crippen molar-refractivity contribution in [1.82, 2.24) is 0 Å². The highest BCUT2D eigenvalue weighted by Crippen LogP contribution is 2.58. The minimum absolute atomic E-state index is 0.0425. The van der Waals surface area contributed by atoms with E-state index in [-0.39, 0.29) is 5.57 Å². The summed E-state index contributed by atoms with van der Waals surface area (Å²) < 4.78 is 0. The Bertz CT molecular complexity index is 457. The van der Waals surface area contributed by atoms with Crippen molar-refractivity contribution < 1.29 is 25.2 Å². The van der Waals surface area contributed by atoms with Gasteiger partial charge in [0, 0.05) is 11.0 Å². The molecule has 0 saturated heterocycles. The van der Waals surface area contributed by atoms with Gasteiger partial charge in [-0.05, 0) is 43.6 Å². The van der Waals surface area contributed by atoms with Gasteiger partial charge < -0.3 is 10.2 Å². The van der Waals surface area contributed by atoms with E-state index in [1.165, 1.54) is 0 Å². The van der Waals surface area contributed by atoms with E-state index in [1.807, 2.05) is 6.92 Å². The molecule has 5 nitrogen and oxygen atoms in total. The lowest BCUT2D eigenvalue weighted by molar-refractivity contribution is -0.365. The van der Waals surface area contributed by atoms with Crippen molar-refractivity contribution in [2.75, 3.05) is 0 Å². The summed E-state index contributed by atoms with van der Waals surface area (Å²) in [5.74, 6) is -1.52. The average molecular weight is 282 g/mol. The molecule has 2 rings (SSSR count). The summed E-state index contributed by atoms with van der Waals surface area (Å²) in [6.45, 7) is 9.45. The predicted octanol–water partition coefficient (Wildman–Crippen LogP) is 2.37. The highest BCUT2D eigenvalue weighted by atomic mass is 17.1. The Hall–Kier alpha value is -1.17. The van der Waals surface area contributed by atoms with Crippen LogP contribution in [0.5, 0.6) is 0 Å². The minimum Gasteiger partial charge on any atom is -0.478 e. The number of carboxylic acids is 1. The Labute approximate surface area is 118 Å². The van der Waals surface area contributed by atoms with Crippen LogP contribution in [0.4, 0.5) is 0 Å². The number of fused-ring (bicyclic) bond motifs is 1. The lowest BCUT2D eigenvalue weighted by atomic mass is 9.52. The average Bonchev–Trinajstić information content (AvgIpc) is 2.40. The first-order chi connectivity index (χ1) is 9.28. The van der Waals surface area contributed by atoms with Gasteiger partial charge in [-0.1, -0.05) is 20.1 Å². The van der Waals surface area contributed by atoms with Crippen LogP contribution in [0.15, 0.2) is 24.3 Å². The van der Waals surface area contributed by atoms with Crippen LogP contribution in [0.25, 0.3) is 0 Å². The highest BCUT2D eigenvalue weighted by Gasteiger charge is 2.61. The van der Waals surface area contributed by atoms with Gasteiger partial charge in [-0.2, -0.15) is 0 Å². The van der Waals surface area contributed by atoms with Crippen molar-refractivity contribution in [3.8, 4) is 0 Å². The molecule has 0 aliphatic heterocycles. The van der Waals surface area contributed by atoms with Gasteiger partial charge in [0.25, 0.3) is 0 Å². The number of aliphatic carboxylic acids is 1. The third kappa shape index (κ3) is 1.92. The zero-order valence-corrected chi connectivity index (χ0v) is 11.8. The number of aliphatic hydroxyl groups is 1. The van der Waals surface area contributed by atoms with Crippen LogP contribution >= 0.6 is 0 Å².